The Kier molecular flexibility index (Phi) is 3.66. The van der Waals surface area contributed by atoms with Crippen LogP contribution in [0.2, 0.25) is 0 Å². The van der Waals surface area contributed by atoms with Crippen LogP contribution in [0.15, 0.2) is 18.2 Å². The summed E-state index contributed by atoms with van der Waals surface area (Å²) in [7, 11) is 0. The molecule has 1 fully saturated rings. The van der Waals surface area contributed by atoms with Gasteiger partial charge in [0.15, 0.2) is 0 Å². The van der Waals surface area contributed by atoms with Crippen molar-refractivity contribution in [2.45, 2.75) is 57.6 Å². The van der Waals surface area contributed by atoms with E-state index < -0.39 is 0 Å². The molecular formula is C17H24N2O2. The number of hydrogen-bond donors (Lipinski definition) is 2. The van der Waals surface area contributed by atoms with Crippen molar-refractivity contribution in [1.29, 1.82) is 0 Å². The standard InChI is InChI=1S/C17H24N2O2/c1-17(2)10-12-8-13(6-7-15(12)21-17)19-16(20)9-11-4-3-5-14(11)18/h6-8,11,14H,3-5,9-10,18H2,1-2H3,(H,19,20)/t11-,14+/m0/s1. The van der Waals surface area contributed by atoms with Gasteiger partial charge in [-0.3, -0.25) is 4.79 Å². The number of anilines is 1. The number of nitrogens with two attached hydrogens (primary N) is 1. The van der Waals surface area contributed by atoms with E-state index in [0.717, 1.165) is 42.7 Å². The Morgan fingerprint density at radius 1 is 1.43 bits per heavy atom. The minimum absolute atomic E-state index is 0.0653. The van der Waals surface area contributed by atoms with Gasteiger partial charge in [-0.1, -0.05) is 6.42 Å². The van der Waals surface area contributed by atoms with Gasteiger partial charge in [-0.05, 0) is 50.8 Å². The van der Waals surface area contributed by atoms with Gasteiger partial charge >= 0.3 is 0 Å². The summed E-state index contributed by atoms with van der Waals surface area (Å²) in [4.78, 5) is 12.1. The second-order valence-corrected chi connectivity index (χ2v) is 6.97. The van der Waals surface area contributed by atoms with Crippen LogP contribution in [0.1, 0.15) is 45.1 Å². The second kappa shape index (κ2) is 5.34. The second-order valence-electron chi connectivity index (χ2n) is 6.97. The Morgan fingerprint density at radius 3 is 2.95 bits per heavy atom. The lowest BCUT2D eigenvalue weighted by Crippen LogP contribution is -2.28. The van der Waals surface area contributed by atoms with Crippen molar-refractivity contribution in [1.82, 2.24) is 0 Å². The molecule has 1 aliphatic heterocycles. The van der Waals surface area contributed by atoms with Crippen LogP contribution in [0.3, 0.4) is 0 Å². The van der Waals surface area contributed by atoms with E-state index in [1.807, 2.05) is 18.2 Å². The molecular weight excluding hydrogens is 264 g/mol. The van der Waals surface area contributed by atoms with E-state index >= 15 is 0 Å². The Bertz CT molecular complexity index is 554. The van der Waals surface area contributed by atoms with Gasteiger partial charge in [-0.2, -0.15) is 0 Å². The van der Waals surface area contributed by atoms with E-state index in [9.17, 15) is 4.79 Å². The molecule has 1 heterocycles. The molecule has 3 rings (SSSR count). The number of carbonyl (C=O) groups excluding carboxylic acids is 1. The third kappa shape index (κ3) is 3.21. The summed E-state index contributed by atoms with van der Waals surface area (Å²) in [6, 6.07) is 6.06. The third-order valence-corrected chi connectivity index (χ3v) is 4.51. The Hall–Kier alpha value is -1.55. The zero-order valence-electron chi connectivity index (χ0n) is 12.8. The average molecular weight is 288 g/mol. The fourth-order valence-corrected chi connectivity index (χ4v) is 3.46. The molecule has 0 unspecified atom stereocenters. The van der Waals surface area contributed by atoms with Crippen LogP contribution in [-0.4, -0.2) is 17.6 Å². The average Bonchev–Trinajstić information content (AvgIpc) is 2.91. The first-order chi connectivity index (χ1) is 9.93. The lowest BCUT2D eigenvalue weighted by atomic mass is 9.99. The number of benzene rings is 1. The van der Waals surface area contributed by atoms with Gasteiger partial charge < -0.3 is 15.8 Å². The first-order valence-corrected chi connectivity index (χ1v) is 7.80. The molecule has 21 heavy (non-hydrogen) atoms. The van der Waals surface area contributed by atoms with Gasteiger partial charge in [-0.15, -0.1) is 0 Å². The molecule has 1 aliphatic carbocycles. The summed E-state index contributed by atoms with van der Waals surface area (Å²) in [5, 5.41) is 3.00. The van der Waals surface area contributed by atoms with Crippen molar-refractivity contribution in [2.75, 3.05) is 5.32 Å². The first kappa shape index (κ1) is 14.4. The first-order valence-electron chi connectivity index (χ1n) is 7.80. The molecule has 0 bridgehead atoms. The lowest BCUT2D eigenvalue weighted by Gasteiger charge is -2.16. The van der Waals surface area contributed by atoms with Crippen molar-refractivity contribution in [3.63, 3.8) is 0 Å². The number of ether oxygens (including phenoxy) is 1. The van der Waals surface area contributed by atoms with Gasteiger partial charge in [0.25, 0.3) is 0 Å². The number of rotatable bonds is 3. The molecule has 1 saturated carbocycles. The van der Waals surface area contributed by atoms with E-state index in [4.69, 9.17) is 10.5 Å². The van der Waals surface area contributed by atoms with Gasteiger partial charge in [-0.25, -0.2) is 0 Å². The summed E-state index contributed by atoms with van der Waals surface area (Å²) >= 11 is 0. The molecule has 0 saturated heterocycles. The molecule has 4 nitrogen and oxygen atoms in total. The van der Waals surface area contributed by atoms with E-state index in [1.54, 1.807) is 0 Å². The quantitative estimate of drug-likeness (QED) is 0.899. The van der Waals surface area contributed by atoms with Crippen LogP contribution in [0.25, 0.3) is 0 Å². The normalized spacial score (nSPS) is 26.2. The summed E-state index contributed by atoms with van der Waals surface area (Å²) in [5.74, 6) is 1.33. The number of amides is 1. The highest BCUT2D eigenvalue weighted by molar-refractivity contribution is 5.91. The molecule has 4 heteroatoms. The lowest BCUT2D eigenvalue weighted by molar-refractivity contribution is -0.117. The van der Waals surface area contributed by atoms with Gasteiger partial charge in [0, 0.05) is 30.1 Å². The van der Waals surface area contributed by atoms with E-state index in [-0.39, 0.29) is 17.6 Å². The third-order valence-electron chi connectivity index (χ3n) is 4.51. The molecule has 0 radical (unpaired) electrons. The highest BCUT2D eigenvalue weighted by Gasteiger charge is 2.30. The number of carbonyl (C=O) groups is 1. The molecule has 0 aromatic heterocycles. The van der Waals surface area contributed by atoms with Crippen molar-refractivity contribution < 1.29 is 9.53 Å². The van der Waals surface area contributed by atoms with Gasteiger partial charge in [0.1, 0.15) is 11.4 Å². The number of nitrogens with one attached hydrogen (secondary N) is 1. The minimum atomic E-state index is -0.151. The molecule has 0 spiro atoms. The zero-order chi connectivity index (χ0) is 15.0. The van der Waals surface area contributed by atoms with E-state index in [1.165, 1.54) is 0 Å². The largest absolute Gasteiger partial charge is 0.487 e. The summed E-state index contributed by atoms with van der Waals surface area (Å²) in [6.45, 7) is 4.15. The fraction of sp³-hybridized carbons (Fsp3) is 0.588. The predicted octanol–water partition coefficient (Wildman–Crippen LogP) is 2.86. The van der Waals surface area contributed by atoms with E-state index in [2.05, 4.69) is 19.2 Å². The molecule has 3 N–H and O–H groups in total. The Balaban J connectivity index is 1.62. The van der Waals surface area contributed by atoms with Crippen molar-refractivity contribution in [2.24, 2.45) is 11.7 Å². The van der Waals surface area contributed by atoms with Crippen LogP contribution in [-0.2, 0) is 11.2 Å². The Labute approximate surface area is 126 Å². The van der Waals surface area contributed by atoms with Crippen LogP contribution in [0.5, 0.6) is 5.75 Å². The van der Waals surface area contributed by atoms with Crippen LogP contribution >= 0.6 is 0 Å². The summed E-state index contributed by atoms with van der Waals surface area (Å²) < 4.78 is 5.85. The van der Waals surface area contributed by atoms with E-state index in [0.29, 0.717) is 12.3 Å². The topological polar surface area (TPSA) is 64.4 Å². The molecule has 114 valence electrons. The maximum Gasteiger partial charge on any atom is 0.224 e. The van der Waals surface area contributed by atoms with Gasteiger partial charge in [0.05, 0.1) is 0 Å². The summed E-state index contributed by atoms with van der Waals surface area (Å²) in [6.07, 6.45) is 4.66. The summed E-state index contributed by atoms with van der Waals surface area (Å²) in [5.41, 5.74) is 7.89. The van der Waals surface area contributed by atoms with Crippen molar-refractivity contribution in [3.05, 3.63) is 23.8 Å². The maximum atomic E-state index is 12.1. The van der Waals surface area contributed by atoms with Crippen molar-refractivity contribution in [3.8, 4) is 5.75 Å². The zero-order valence-corrected chi connectivity index (χ0v) is 12.8. The molecule has 1 aromatic carbocycles. The highest BCUT2D eigenvalue weighted by atomic mass is 16.5. The number of fused-ring (bicyclic) bond motifs is 1. The Morgan fingerprint density at radius 2 is 2.24 bits per heavy atom. The monoisotopic (exact) mass is 288 g/mol. The minimum Gasteiger partial charge on any atom is -0.487 e. The maximum absolute atomic E-state index is 12.1. The molecule has 1 amide bonds. The number of hydrogen-bond acceptors (Lipinski definition) is 3. The van der Waals surface area contributed by atoms with Crippen molar-refractivity contribution >= 4 is 11.6 Å². The van der Waals surface area contributed by atoms with Crippen LogP contribution in [0.4, 0.5) is 5.69 Å². The van der Waals surface area contributed by atoms with Gasteiger partial charge in [0.2, 0.25) is 5.91 Å². The van der Waals surface area contributed by atoms with Crippen LogP contribution in [0, 0.1) is 5.92 Å². The molecule has 2 aliphatic rings. The fourth-order valence-electron chi connectivity index (χ4n) is 3.46. The predicted molar refractivity (Wildman–Crippen MR) is 83.4 cm³/mol. The SMILES string of the molecule is CC1(C)Cc2cc(NC(=O)C[C@@H]3CCC[C@H]3N)ccc2O1. The highest BCUT2D eigenvalue weighted by Crippen LogP contribution is 2.36. The molecule has 2 atom stereocenters. The smallest absolute Gasteiger partial charge is 0.224 e. The molecule has 1 aromatic rings. The van der Waals surface area contributed by atoms with Crippen LogP contribution < -0.4 is 15.8 Å².